The first-order valence-corrected chi connectivity index (χ1v) is 4.30. The average molecular weight is 174 g/mol. The summed E-state index contributed by atoms with van der Waals surface area (Å²) >= 11 is 1.51. The number of thiophene rings is 1. The van der Waals surface area contributed by atoms with Crippen molar-refractivity contribution in [3.8, 4) is 6.07 Å². The second kappa shape index (κ2) is 2.50. The molecule has 0 saturated carbocycles. The summed E-state index contributed by atoms with van der Waals surface area (Å²) in [7, 11) is 0. The Morgan fingerprint density at radius 1 is 1.33 bits per heavy atom. The Morgan fingerprint density at radius 2 is 2.17 bits per heavy atom. The van der Waals surface area contributed by atoms with Crippen molar-refractivity contribution in [2.75, 3.05) is 5.73 Å². The molecule has 0 bridgehead atoms. The number of hydrogen-bond donors (Lipinski definition) is 1. The molecule has 0 aliphatic carbocycles. The van der Waals surface area contributed by atoms with Gasteiger partial charge in [0.15, 0.2) is 0 Å². The molecule has 3 heteroatoms. The Hall–Kier alpha value is -1.53. The quantitative estimate of drug-likeness (QED) is 0.666. The lowest BCUT2D eigenvalue weighted by Gasteiger charge is -1.87. The molecular formula is C9H6N2S. The Kier molecular flexibility index (Phi) is 1.49. The van der Waals surface area contributed by atoms with Gasteiger partial charge in [-0.1, -0.05) is 6.07 Å². The van der Waals surface area contributed by atoms with Crippen LogP contribution in [0.1, 0.15) is 5.56 Å². The highest BCUT2D eigenvalue weighted by Crippen LogP contribution is 2.27. The lowest BCUT2D eigenvalue weighted by molar-refractivity contribution is 1.50. The molecule has 1 heterocycles. The van der Waals surface area contributed by atoms with Crippen molar-refractivity contribution >= 4 is 26.4 Å². The van der Waals surface area contributed by atoms with Crippen LogP contribution in [0.15, 0.2) is 24.3 Å². The van der Waals surface area contributed by atoms with Gasteiger partial charge in [-0.25, -0.2) is 0 Å². The van der Waals surface area contributed by atoms with Gasteiger partial charge in [-0.2, -0.15) is 5.26 Å². The van der Waals surface area contributed by atoms with E-state index in [1.54, 1.807) is 6.07 Å². The van der Waals surface area contributed by atoms with Crippen molar-refractivity contribution in [1.82, 2.24) is 0 Å². The molecule has 0 atom stereocenters. The van der Waals surface area contributed by atoms with Crippen LogP contribution in [-0.4, -0.2) is 0 Å². The zero-order valence-corrected chi connectivity index (χ0v) is 7.06. The molecule has 58 valence electrons. The monoisotopic (exact) mass is 174 g/mol. The van der Waals surface area contributed by atoms with E-state index in [0.29, 0.717) is 5.56 Å². The molecule has 0 spiro atoms. The van der Waals surface area contributed by atoms with Gasteiger partial charge in [0.05, 0.1) is 16.6 Å². The van der Waals surface area contributed by atoms with Crippen molar-refractivity contribution in [2.45, 2.75) is 0 Å². The van der Waals surface area contributed by atoms with Gasteiger partial charge in [-0.15, -0.1) is 11.3 Å². The van der Waals surface area contributed by atoms with Crippen molar-refractivity contribution in [1.29, 1.82) is 5.26 Å². The van der Waals surface area contributed by atoms with Crippen molar-refractivity contribution in [3.05, 3.63) is 29.8 Å². The topological polar surface area (TPSA) is 49.8 Å². The summed E-state index contributed by atoms with van der Waals surface area (Å²) in [5.41, 5.74) is 6.30. The van der Waals surface area contributed by atoms with E-state index in [0.717, 1.165) is 15.1 Å². The largest absolute Gasteiger partial charge is 0.391 e. The van der Waals surface area contributed by atoms with Crippen LogP contribution in [-0.2, 0) is 0 Å². The van der Waals surface area contributed by atoms with E-state index >= 15 is 0 Å². The van der Waals surface area contributed by atoms with Gasteiger partial charge in [0.2, 0.25) is 0 Å². The molecule has 12 heavy (non-hydrogen) atoms. The molecule has 0 fully saturated rings. The van der Waals surface area contributed by atoms with Gasteiger partial charge in [0.1, 0.15) is 0 Å². The first-order chi connectivity index (χ1) is 5.79. The Balaban J connectivity index is 2.77. The van der Waals surface area contributed by atoms with Crippen LogP contribution in [0.5, 0.6) is 0 Å². The first kappa shape index (κ1) is 7.14. The van der Waals surface area contributed by atoms with Crippen LogP contribution in [0.4, 0.5) is 5.00 Å². The van der Waals surface area contributed by atoms with Gasteiger partial charge < -0.3 is 5.73 Å². The number of benzene rings is 1. The molecule has 0 unspecified atom stereocenters. The van der Waals surface area contributed by atoms with Crippen LogP contribution < -0.4 is 5.73 Å². The average Bonchev–Trinajstić information content (AvgIpc) is 2.43. The molecular weight excluding hydrogens is 168 g/mol. The zero-order valence-electron chi connectivity index (χ0n) is 6.24. The van der Waals surface area contributed by atoms with Crippen molar-refractivity contribution in [3.63, 3.8) is 0 Å². The summed E-state index contributed by atoms with van der Waals surface area (Å²) in [4.78, 5) is 0. The summed E-state index contributed by atoms with van der Waals surface area (Å²) < 4.78 is 1.08. The molecule has 1 aromatic carbocycles. The number of anilines is 1. The molecule has 1 aromatic heterocycles. The predicted octanol–water partition coefficient (Wildman–Crippen LogP) is 2.36. The summed E-state index contributed by atoms with van der Waals surface area (Å²) in [6.45, 7) is 0. The number of nitrogens with two attached hydrogens (primary N) is 1. The van der Waals surface area contributed by atoms with E-state index in [1.807, 2.05) is 18.2 Å². The second-order valence-corrected chi connectivity index (χ2v) is 3.63. The fraction of sp³-hybridized carbons (Fsp3) is 0. The molecule has 0 amide bonds. The maximum Gasteiger partial charge on any atom is 0.0992 e. The molecule has 2 rings (SSSR count). The van der Waals surface area contributed by atoms with Gasteiger partial charge in [0, 0.05) is 4.70 Å². The summed E-state index contributed by atoms with van der Waals surface area (Å²) in [5.74, 6) is 0. The smallest absolute Gasteiger partial charge is 0.0992 e. The highest BCUT2D eigenvalue weighted by Gasteiger charge is 1.98. The molecule has 2 nitrogen and oxygen atoms in total. The van der Waals surface area contributed by atoms with Gasteiger partial charge in [0.25, 0.3) is 0 Å². The number of hydrogen-bond acceptors (Lipinski definition) is 3. The number of rotatable bonds is 0. The molecule has 0 radical (unpaired) electrons. The fourth-order valence-corrected chi connectivity index (χ4v) is 1.99. The van der Waals surface area contributed by atoms with E-state index in [-0.39, 0.29) is 0 Å². The fourth-order valence-electron chi connectivity index (χ4n) is 1.12. The minimum atomic E-state index is 0.685. The standard InChI is InChI=1S/C9H6N2S/c10-5-6-1-2-7-4-9(11)12-8(7)3-6/h1-4H,11H2. The van der Waals surface area contributed by atoms with Gasteiger partial charge in [-0.05, 0) is 23.6 Å². The SMILES string of the molecule is N#Cc1ccc2cc(N)sc2c1. The van der Waals surface area contributed by atoms with E-state index in [2.05, 4.69) is 6.07 Å². The predicted molar refractivity (Wildman–Crippen MR) is 51.0 cm³/mol. The minimum Gasteiger partial charge on any atom is -0.391 e. The Labute approximate surface area is 73.9 Å². The number of nitriles is 1. The van der Waals surface area contributed by atoms with Gasteiger partial charge in [-0.3, -0.25) is 0 Å². The maximum absolute atomic E-state index is 8.63. The Bertz CT molecular complexity index is 465. The number of fused-ring (bicyclic) bond motifs is 1. The normalized spacial score (nSPS) is 9.92. The van der Waals surface area contributed by atoms with Gasteiger partial charge >= 0.3 is 0 Å². The lowest BCUT2D eigenvalue weighted by Crippen LogP contribution is -1.72. The van der Waals surface area contributed by atoms with E-state index < -0.39 is 0 Å². The van der Waals surface area contributed by atoms with E-state index in [1.165, 1.54) is 11.3 Å². The van der Waals surface area contributed by atoms with Crippen molar-refractivity contribution < 1.29 is 0 Å². The molecule has 0 aliphatic rings. The summed E-state index contributed by atoms with van der Waals surface area (Å²) in [6, 6.07) is 9.59. The minimum absolute atomic E-state index is 0.685. The first-order valence-electron chi connectivity index (χ1n) is 3.49. The summed E-state index contributed by atoms with van der Waals surface area (Å²) in [6.07, 6.45) is 0. The van der Waals surface area contributed by atoms with E-state index in [9.17, 15) is 0 Å². The highest BCUT2D eigenvalue weighted by atomic mass is 32.1. The third kappa shape index (κ3) is 1.03. The van der Waals surface area contributed by atoms with Crippen molar-refractivity contribution in [2.24, 2.45) is 0 Å². The Morgan fingerprint density at radius 3 is 2.92 bits per heavy atom. The molecule has 2 aromatic rings. The maximum atomic E-state index is 8.63. The molecule has 0 aliphatic heterocycles. The number of nitrogen functional groups attached to an aromatic ring is 1. The van der Waals surface area contributed by atoms with Crippen LogP contribution in [0, 0.1) is 11.3 Å². The van der Waals surface area contributed by atoms with E-state index in [4.69, 9.17) is 11.0 Å². The number of nitrogens with zero attached hydrogens (tertiary/aromatic N) is 1. The summed E-state index contributed by atoms with van der Waals surface area (Å²) in [5, 5.41) is 10.5. The van der Waals surface area contributed by atoms with Crippen LogP contribution in [0.2, 0.25) is 0 Å². The third-order valence-electron chi connectivity index (χ3n) is 1.67. The van der Waals surface area contributed by atoms with Crippen LogP contribution >= 0.6 is 11.3 Å². The molecule has 0 saturated heterocycles. The highest BCUT2D eigenvalue weighted by molar-refractivity contribution is 7.22. The van der Waals surface area contributed by atoms with Crippen LogP contribution in [0.25, 0.3) is 10.1 Å². The zero-order chi connectivity index (χ0) is 8.55. The van der Waals surface area contributed by atoms with Crippen LogP contribution in [0.3, 0.4) is 0 Å². The second-order valence-electron chi connectivity index (χ2n) is 2.51. The third-order valence-corrected chi connectivity index (χ3v) is 2.60. The lowest BCUT2D eigenvalue weighted by atomic mass is 10.2. The molecule has 2 N–H and O–H groups in total.